The molecule has 0 amide bonds. The first-order valence-corrected chi connectivity index (χ1v) is 6.38. The molecule has 17 heavy (non-hydrogen) atoms. The smallest absolute Gasteiger partial charge is 0.339 e. The molecule has 2 rings (SSSR count). The average Bonchev–Trinajstić information content (AvgIpc) is 2.30. The molecule has 1 atom stereocenters. The lowest BCUT2D eigenvalue weighted by atomic mass is 9.95. The summed E-state index contributed by atoms with van der Waals surface area (Å²) in [6.45, 7) is 0.897. The summed E-state index contributed by atoms with van der Waals surface area (Å²) in [7, 11) is 0. The molecule has 92 valence electrons. The number of hydrogen-bond donors (Lipinski definition) is 3. The molecule has 1 saturated heterocycles. The number of aromatic carboxylic acids is 1. The molecule has 1 aliphatic heterocycles. The average molecular weight is 300 g/mol. The van der Waals surface area contributed by atoms with E-state index in [2.05, 4.69) is 21.2 Å². The van der Waals surface area contributed by atoms with Crippen molar-refractivity contribution in [3.05, 3.63) is 27.7 Å². The zero-order valence-electron chi connectivity index (χ0n) is 9.24. The summed E-state index contributed by atoms with van der Waals surface area (Å²) >= 11 is 3.37. The SMILES string of the molecule is O=C(O)c1ccc(Br)c([C@@H]2CCCCN2)c1O. The third kappa shape index (κ3) is 2.45. The van der Waals surface area contributed by atoms with Crippen molar-refractivity contribution in [1.82, 2.24) is 5.32 Å². The number of rotatable bonds is 2. The molecular formula is C12H14BrNO3. The van der Waals surface area contributed by atoms with Crippen LogP contribution in [0.15, 0.2) is 16.6 Å². The lowest BCUT2D eigenvalue weighted by Gasteiger charge is -2.25. The number of aromatic hydroxyl groups is 1. The molecule has 1 fully saturated rings. The van der Waals surface area contributed by atoms with Gasteiger partial charge in [0.1, 0.15) is 11.3 Å². The van der Waals surface area contributed by atoms with E-state index >= 15 is 0 Å². The molecule has 5 heteroatoms. The molecule has 0 aliphatic carbocycles. The van der Waals surface area contributed by atoms with Crippen LogP contribution in [-0.4, -0.2) is 22.7 Å². The lowest BCUT2D eigenvalue weighted by molar-refractivity contribution is 0.0693. The summed E-state index contributed by atoms with van der Waals surface area (Å²) in [6.07, 6.45) is 3.11. The van der Waals surface area contributed by atoms with Gasteiger partial charge in [-0.15, -0.1) is 0 Å². The second kappa shape index (κ2) is 5.06. The van der Waals surface area contributed by atoms with Crippen LogP contribution in [0.1, 0.15) is 41.2 Å². The standard InChI is InChI=1S/C12H14BrNO3/c13-8-5-4-7(12(16)17)11(15)10(8)9-3-1-2-6-14-9/h4-5,9,14-15H,1-3,6H2,(H,16,17)/t9-/m0/s1. The molecule has 0 aromatic heterocycles. The van der Waals surface area contributed by atoms with E-state index in [4.69, 9.17) is 5.11 Å². The van der Waals surface area contributed by atoms with E-state index in [1.54, 1.807) is 6.07 Å². The highest BCUT2D eigenvalue weighted by Gasteiger charge is 2.24. The maximum Gasteiger partial charge on any atom is 0.339 e. The van der Waals surface area contributed by atoms with Crippen molar-refractivity contribution in [1.29, 1.82) is 0 Å². The minimum Gasteiger partial charge on any atom is -0.507 e. The Bertz CT molecular complexity index is 442. The van der Waals surface area contributed by atoms with E-state index < -0.39 is 5.97 Å². The summed E-state index contributed by atoms with van der Waals surface area (Å²) in [5.41, 5.74) is 0.611. The van der Waals surface area contributed by atoms with Gasteiger partial charge < -0.3 is 15.5 Å². The van der Waals surface area contributed by atoms with Crippen LogP contribution in [0.3, 0.4) is 0 Å². The third-order valence-corrected chi connectivity index (χ3v) is 3.74. The molecule has 0 spiro atoms. The molecular weight excluding hydrogens is 286 g/mol. The highest BCUT2D eigenvalue weighted by molar-refractivity contribution is 9.10. The molecule has 1 heterocycles. The second-order valence-corrected chi connectivity index (χ2v) is 5.02. The van der Waals surface area contributed by atoms with Gasteiger partial charge in [-0.05, 0) is 31.5 Å². The van der Waals surface area contributed by atoms with E-state index in [-0.39, 0.29) is 17.4 Å². The summed E-state index contributed by atoms with van der Waals surface area (Å²) in [4.78, 5) is 11.0. The maximum absolute atomic E-state index is 11.0. The summed E-state index contributed by atoms with van der Waals surface area (Å²) in [5.74, 6) is -1.24. The Hall–Kier alpha value is -1.07. The van der Waals surface area contributed by atoms with Crippen LogP contribution in [-0.2, 0) is 0 Å². The summed E-state index contributed by atoms with van der Waals surface area (Å²) in [5, 5.41) is 22.3. The highest BCUT2D eigenvalue weighted by Crippen LogP contribution is 2.37. The van der Waals surface area contributed by atoms with Crippen molar-refractivity contribution in [3.63, 3.8) is 0 Å². The van der Waals surface area contributed by atoms with Crippen LogP contribution in [0, 0.1) is 0 Å². The zero-order valence-corrected chi connectivity index (χ0v) is 10.8. The number of carboxylic acid groups (broad SMARTS) is 1. The first kappa shape index (κ1) is 12.4. The van der Waals surface area contributed by atoms with Crippen molar-refractivity contribution in [2.24, 2.45) is 0 Å². The van der Waals surface area contributed by atoms with Gasteiger partial charge in [-0.1, -0.05) is 22.4 Å². The summed E-state index contributed by atoms with van der Waals surface area (Å²) < 4.78 is 0.749. The predicted molar refractivity (Wildman–Crippen MR) is 67.4 cm³/mol. The number of hydrogen-bond acceptors (Lipinski definition) is 3. The van der Waals surface area contributed by atoms with Crippen molar-refractivity contribution >= 4 is 21.9 Å². The van der Waals surface area contributed by atoms with E-state index in [1.807, 2.05) is 0 Å². The van der Waals surface area contributed by atoms with Crippen LogP contribution < -0.4 is 5.32 Å². The van der Waals surface area contributed by atoms with Crippen molar-refractivity contribution < 1.29 is 15.0 Å². The Morgan fingerprint density at radius 2 is 2.18 bits per heavy atom. The van der Waals surface area contributed by atoms with Crippen LogP contribution >= 0.6 is 15.9 Å². The quantitative estimate of drug-likeness (QED) is 0.785. The molecule has 3 N–H and O–H groups in total. The van der Waals surface area contributed by atoms with E-state index in [9.17, 15) is 9.90 Å². The first-order valence-electron chi connectivity index (χ1n) is 5.59. The molecule has 1 aromatic rings. The molecule has 1 aliphatic rings. The molecule has 4 nitrogen and oxygen atoms in total. The number of benzene rings is 1. The van der Waals surface area contributed by atoms with Crippen LogP contribution in [0.25, 0.3) is 0 Å². The fourth-order valence-electron chi connectivity index (χ4n) is 2.19. The minimum absolute atomic E-state index is 0.0254. The number of nitrogens with one attached hydrogen (secondary N) is 1. The van der Waals surface area contributed by atoms with Crippen LogP contribution in [0.4, 0.5) is 0 Å². The normalized spacial score (nSPS) is 20.2. The van der Waals surface area contributed by atoms with Crippen molar-refractivity contribution in [2.75, 3.05) is 6.54 Å². The molecule has 1 aromatic carbocycles. The highest BCUT2D eigenvalue weighted by atomic mass is 79.9. The number of carboxylic acids is 1. The monoisotopic (exact) mass is 299 g/mol. The van der Waals surface area contributed by atoms with E-state index in [1.165, 1.54) is 6.07 Å². The first-order chi connectivity index (χ1) is 8.11. The number of halogens is 1. The van der Waals surface area contributed by atoms with Gasteiger partial charge in [-0.2, -0.15) is 0 Å². The zero-order chi connectivity index (χ0) is 12.4. The predicted octanol–water partition coefficient (Wildman–Crippen LogP) is 2.67. The lowest BCUT2D eigenvalue weighted by Crippen LogP contribution is -2.27. The van der Waals surface area contributed by atoms with Crippen molar-refractivity contribution in [2.45, 2.75) is 25.3 Å². The fourth-order valence-corrected chi connectivity index (χ4v) is 2.78. The Kier molecular flexibility index (Phi) is 3.69. The van der Waals surface area contributed by atoms with Gasteiger partial charge >= 0.3 is 5.97 Å². The topological polar surface area (TPSA) is 69.6 Å². The number of piperidine rings is 1. The van der Waals surface area contributed by atoms with Gasteiger partial charge in [-0.3, -0.25) is 0 Å². The minimum atomic E-state index is -1.10. The summed E-state index contributed by atoms with van der Waals surface area (Å²) in [6, 6.07) is 3.11. The third-order valence-electron chi connectivity index (χ3n) is 3.05. The molecule has 0 saturated carbocycles. The number of carbonyl (C=O) groups is 1. The van der Waals surface area contributed by atoms with Crippen LogP contribution in [0.2, 0.25) is 0 Å². The molecule has 0 unspecified atom stereocenters. The van der Waals surface area contributed by atoms with Gasteiger partial charge in [0.15, 0.2) is 0 Å². The Labute approximate surface area is 108 Å². The van der Waals surface area contributed by atoms with Crippen molar-refractivity contribution in [3.8, 4) is 5.75 Å². The molecule has 0 radical (unpaired) electrons. The Morgan fingerprint density at radius 1 is 1.41 bits per heavy atom. The Balaban J connectivity index is 2.43. The number of phenols is 1. The van der Waals surface area contributed by atoms with Crippen LogP contribution in [0.5, 0.6) is 5.75 Å². The van der Waals surface area contributed by atoms with E-state index in [0.717, 1.165) is 30.3 Å². The second-order valence-electron chi connectivity index (χ2n) is 4.16. The Morgan fingerprint density at radius 3 is 2.76 bits per heavy atom. The maximum atomic E-state index is 11.0. The van der Waals surface area contributed by atoms with Gasteiger partial charge in [-0.25, -0.2) is 4.79 Å². The van der Waals surface area contributed by atoms with Gasteiger partial charge in [0.25, 0.3) is 0 Å². The molecule has 0 bridgehead atoms. The fraction of sp³-hybridized carbons (Fsp3) is 0.417. The van der Waals surface area contributed by atoms with E-state index in [0.29, 0.717) is 5.56 Å². The van der Waals surface area contributed by atoms with Gasteiger partial charge in [0.2, 0.25) is 0 Å². The van der Waals surface area contributed by atoms with Gasteiger partial charge in [0, 0.05) is 16.1 Å². The largest absolute Gasteiger partial charge is 0.507 e. The van der Waals surface area contributed by atoms with Gasteiger partial charge in [0.05, 0.1) is 0 Å².